The first-order valence-corrected chi connectivity index (χ1v) is 7.08. The standard InChI is InChI=1S/C16H18N4O/c1-11-7-18-14(9-17-11)10-20-16(21)15-6-12-4-2-3-5-13(12)8-19-15/h2-5,7,9,15,19H,6,8,10H2,1H3,(H,20,21)/t15-/m0/s1. The number of hydrogen-bond acceptors (Lipinski definition) is 4. The molecule has 0 fully saturated rings. The zero-order chi connectivity index (χ0) is 14.7. The van der Waals surface area contributed by atoms with Gasteiger partial charge in [0.25, 0.3) is 0 Å². The molecular formula is C16H18N4O. The second-order valence-electron chi connectivity index (χ2n) is 5.27. The van der Waals surface area contributed by atoms with Crippen molar-refractivity contribution in [2.75, 3.05) is 0 Å². The van der Waals surface area contributed by atoms with Gasteiger partial charge in [-0.15, -0.1) is 0 Å². The van der Waals surface area contributed by atoms with Gasteiger partial charge in [-0.3, -0.25) is 14.8 Å². The summed E-state index contributed by atoms with van der Waals surface area (Å²) in [6.07, 6.45) is 4.12. The fourth-order valence-electron chi connectivity index (χ4n) is 2.45. The molecule has 0 aliphatic carbocycles. The largest absolute Gasteiger partial charge is 0.349 e. The number of rotatable bonds is 3. The Kier molecular flexibility index (Phi) is 3.92. The van der Waals surface area contributed by atoms with Crippen LogP contribution < -0.4 is 10.6 Å². The number of nitrogens with zero attached hydrogens (tertiary/aromatic N) is 2. The van der Waals surface area contributed by atoms with Crippen molar-refractivity contribution in [1.82, 2.24) is 20.6 Å². The van der Waals surface area contributed by atoms with Crippen LogP contribution in [0.25, 0.3) is 0 Å². The van der Waals surface area contributed by atoms with Crippen molar-refractivity contribution >= 4 is 5.91 Å². The van der Waals surface area contributed by atoms with Gasteiger partial charge in [-0.2, -0.15) is 0 Å². The molecule has 0 radical (unpaired) electrons. The predicted molar refractivity (Wildman–Crippen MR) is 79.4 cm³/mol. The number of nitrogens with one attached hydrogen (secondary N) is 2. The summed E-state index contributed by atoms with van der Waals surface area (Å²) in [4.78, 5) is 20.6. The monoisotopic (exact) mass is 282 g/mol. The van der Waals surface area contributed by atoms with E-state index in [0.29, 0.717) is 6.54 Å². The summed E-state index contributed by atoms with van der Waals surface area (Å²) in [6, 6.07) is 8.04. The summed E-state index contributed by atoms with van der Waals surface area (Å²) in [6.45, 7) is 3.03. The highest BCUT2D eigenvalue weighted by Gasteiger charge is 2.23. The van der Waals surface area contributed by atoms with E-state index in [4.69, 9.17) is 0 Å². The van der Waals surface area contributed by atoms with Crippen LogP contribution in [0.4, 0.5) is 0 Å². The molecule has 0 saturated carbocycles. The van der Waals surface area contributed by atoms with Crippen molar-refractivity contribution in [3.05, 3.63) is 59.2 Å². The molecule has 1 aromatic heterocycles. The third-order valence-electron chi connectivity index (χ3n) is 3.68. The number of hydrogen-bond donors (Lipinski definition) is 2. The van der Waals surface area contributed by atoms with Crippen molar-refractivity contribution in [2.24, 2.45) is 0 Å². The number of fused-ring (bicyclic) bond motifs is 1. The van der Waals surface area contributed by atoms with Gasteiger partial charge in [0.15, 0.2) is 0 Å². The molecule has 1 aromatic carbocycles. The van der Waals surface area contributed by atoms with Crippen LogP contribution in [-0.2, 0) is 24.3 Å². The average molecular weight is 282 g/mol. The van der Waals surface area contributed by atoms with E-state index in [0.717, 1.165) is 24.4 Å². The third-order valence-corrected chi connectivity index (χ3v) is 3.68. The lowest BCUT2D eigenvalue weighted by molar-refractivity contribution is -0.123. The molecule has 2 aromatic rings. The first-order chi connectivity index (χ1) is 10.2. The molecule has 2 N–H and O–H groups in total. The number of carbonyl (C=O) groups excluding carboxylic acids is 1. The van der Waals surface area contributed by atoms with Gasteiger partial charge < -0.3 is 10.6 Å². The minimum atomic E-state index is -0.182. The normalized spacial score (nSPS) is 17.1. The summed E-state index contributed by atoms with van der Waals surface area (Å²) in [5.41, 5.74) is 4.15. The molecule has 0 bridgehead atoms. The molecule has 1 amide bonds. The first-order valence-electron chi connectivity index (χ1n) is 7.08. The Morgan fingerprint density at radius 3 is 2.86 bits per heavy atom. The van der Waals surface area contributed by atoms with Crippen LogP contribution in [0.2, 0.25) is 0 Å². The van der Waals surface area contributed by atoms with Crippen molar-refractivity contribution in [3.63, 3.8) is 0 Å². The average Bonchev–Trinajstić information content (AvgIpc) is 2.53. The zero-order valence-corrected chi connectivity index (χ0v) is 12.0. The fourth-order valence-corrected chi connectivity index (χ4v) is 2.45. The highest BCUT2D eigenvalue weighted by Crippen LogP contribution is 2.16. The molecule has 21 heavy (non-hydrogen) atoms. The lowest BCUT2D eigenvalue weighted by Crippen LogP contribution is -2.47. The Morgan fingerprint density at radius 2 is 2.10 bits per heavy atom. The quantitative estimate of drug-likeness (QED) is 0.885. The SMILES string of the molecule is Cc1cnc(CNC(=O)[C@@H]2Cc3ccccc3CN2)cn1. The lowest BCUT2D eigenvalue weighted by atomic mass is 9.95. The molecule has 1 aliphatic rings. The topological polar surface area (TPSA) is 66.9 Å². The van der Waals surface area contributed by atoms with Gasteiger partial charge in [-0.1, -0.05) is 24.3 Å². The van der Waals surface area contributed by atoms with Gasteiger partial charge in [0, 0.05) is 12.7 Å². The van der Waals surface area contributed by atoms with E-state index in [1.165, 1.54) is 11.1 Å². The molecule has 1 atom stereocenters. The van der Waals surface area contributed by atoms with Crippen LogP contribution in [-0.4, -0.2) is 21.9 Å². The van der Waals surface area contributed by atoms with Gasteiger partial charge >= 0.3 is 0 Å². The summed E-state index contributed by atoms with van der Waals surface area (Å²) in [5.74, 6) is 0.00637. The van der Waals surface area contributed by atoms with Crippen LogP contribution in [0.3, 0.4) is 0 Å². The maximum Gasteiger partial charge on any atom is 0.237 e. The van der Waals surface area contributed by atoms with E-state index in [-0.39, 0.29) is 11.9 Å². The predicted octanol–water partition coefficient (Wildman–Crippen LogP) is 1.12. The molecule has 2 heterocycles. The molecule has 1 aliphatic heterocycles. The van der Waals surface area contributed by atoms with E-state index >= 15 is 0 Å². The zero-order valence-electron chi connectivity index (χ0n) is 12.0. The Bertz CT molecular complexity index is 639. The summed E-state index contributed by atoms with van der Waals surface area (Å²) in [5, 5.41) is 6.19. The fraction of sp³-hybridized carbons (Fsp3) is 0.312. The first kappa shape index (κ1) is 13.7. The van der Waals surface area contributed by atoms with Gasteiger partial charge in [-0.05, 0) is 24.5 Å². The van der Waals surface area contributed by atoms with Crippen molar-refractivity contribution in [2.45, 2.75) is 32.5 Å². The summed E-state index contributed by atoms with van der Waals surface area (Å²) in [7, 11) is 0. The number of carbonyl (C=O) groups is 1. The van der Waals surface area contributed by atoms with Gasteiger partial charge in [0.2, 0.25) is 5.91 Å². The molecular weight excluding hydrogens is 264 g/mol. The molecule has 5 heteroatoms. The Balaban J connectivity index is 1.58. The van der Waals surface area contributed by atoms with Crippen LogP contribution in [0.15, 0.2) is 36.7 Å². The smallest absolute Gasteiger partial charge is 0.237 e. The van der Waals surface area contributed by atoms with Crippen molar-refractivity contribution in [3.8, 4) is 0 Å². The Labute approximate surface area is 123 Å². The van der Waals surface area contributed by atoms with Crippen molar-refractivity contribution in [1.29, 1.82) is 0 Å². The van der Waals surface area contributed by atoms with Gasteiger partial charge in [0.05, 0.1) is 30.2 Å². The van der Waals surface area contributed by atoms with E-state index in [1.54, 1.807) is 12.4 Å². The number of aryl methyl sites for hydroxylation is 1. The Morgan fingerprint density at radius 1 is 1.29 bits per heavy atom. The number of amides is 1. The lowest BCUT2D eigenvalue weighted by Gasteiger charge is -2.25. The summed E-state index contributed by atoms with van der Waals surface area (Å²) >= 11 is 0. The molecule has 108 valence electrons. The molecule has 0 saturated heterocycles. The Hall–Kier alpha value is -2.27. The highest BCUT2D eigenvalue weighted by atomic mass is 16.2. The maximum absolute atomic E-state index is 12.2. The van der Waals surface area contributed by atoms with Crippen LogP contribution in [0.5, 0.6) is 0 Å². The van der Waals surface area contributed by atoms with E-state index < -0.39 is 0 Å². The van der Waals surface area contributed by atoms with Gasteiger partial charge in [0.1, 0.15) is 0 Å². The second-order valence-corrected chi connectivity index (χ2v) is 5.27. The minimum Gasteiger partial charge on any atom is -0.349 e. The second kappa shape index (κ2) is 6.01. The van der Waals surface area contributed by atoms with Crippen LogP contribution >= 0.6 is 0 Å². The number of benzene rings is 1. The highest BCUT2D eigenvalue weighted by molar-refractivity contribution is 5.82. The van der Waals surface area contributed by atoms with E-state index in [9.17, 15) is 4.79 Å². The van der Waals surface area contributed by atoms with Crippen molar-refractivity contribution < 1.29 is 4.79 Å². The summed E-state index contributed by atoms with van der Waals surface area (Å²) < 4.78 is 0. The minimum absolute atomic E-state index is 0.00637. The molecule has 5 nitrogen and oxygen atoms in total. The maximum atomic E-state index is 12.2. The van der Waals surface area contributed by atoms with Gasteiger partial charge in [-0.25, -0.2) is 0 Å². The molecule has 0 unspecified atom stereocenters. The molecule has 3 rings (SSSR count). The van der Waals surface area contributed by atoms with E-state index in [2.05, 4.69) is 32.7 Å². The van der Waals surface area contributed by atoms with Crippen LogP contribution in [0, 0.1) is 6.92 Å². The van der Waals surface area contributed by atoms with Crippen LogP contribution in [0.1, 0.15) is 22.5 Å². The number of aromatic nitrogens is 2. The third kappa shape index (κ3) is 3.25. The molecule has 0 spiro atoms. The van der Waals surface area contributed by atoms with E-state index in [1.807, 2.05) is 19.1 Å².